The summed E-state index contributed by atoms with van der Waals surface area (Å²) in [4.78, 5) is 16.8. The molecule has 96 valence electrons. The molecule has 0 radical (unpaired) electrons. The lowest BCUT2D eigenvalue weighted by Crippen LogP contribution is -2.10. The van der Waals surface area contributed by atoms with Gasteiger partial charge in [-0.25, -0.2) is 0 Å². The van der Waals surface area contributed by atoms with Crippen molar-refractivity contribution in [2.45, 2.75) is 26.2 Å². The fourth-order valence-electron chi connectivity index (χ4n) is 2.55. The van der Waals surface area contributed by atoms with Crippen molar-refractivity contribution in [3.8, 4) is 0 Å². The van der Waals surface area contributed by atoms with E-state index in [4.69, 9.17) is 0 Å². The highest BCUT2D eigenvalue weighted by Crippen LogP contribution is 2.26. The molecule has 3 rings (SSSR count). The van der Waals surface area contributed by atoms with Crippen molar-refractivity contribution in [3.05, 3.63) is 53.7 Å². The van der Waals surface area contributed by atoms with Gasteiger partial charge in [-0.2, -0.15) is 0 Å². The van der Waals surface area contributed by atoms with Gasteiger partial charge in [-0.1, -0.05) is 31.2 Å². The molecule has 0 fully saturated rings. The van der Waals surface area contributed by atoms with Crippen molar-refractivity contribution in [3.63, 3.8) is 0 Å². The lowest BCUT2D eigenvalue weighted by Gasteiger charge is -2.17. The second-order valence-electron chi connectivity index (χ2n) is 5.35. The summed E-state index contributed by atoms with van der Waals surface area (Å²) in [6, 6.07) is 9.84. The number of Topliss-reactive ketones (excluding diaryl/α,β-unsaturated/α-hetero) is 1. The predicted molar refractivity (Wildman–Crippen MR) is 77.2 cm³/mol. The summed E-state index contributed by atoms with van der Waals surface area (Å²) in [7, 11) is 0. The van der Waals surface area contributed by atoms with Crippen molar-refractivity contribution < 1.29 is 4.79 Å². The second-order valence-corrected chi connectivity index (χ2v) is 5.35. The van der Waals surface area contributed by atoms with E-state index in [1.54, 1.807) is 6.20 Å². The normalized spacial score (nSPS) is 19.2. The van der Waals surface area contributed by atoms with E-state index in [1.165, 1.54) is 0 Å². The van der Waals surface area contributed by atoms with Gasteiger partial charge in [0.25, 0.3) is 0 Å². The number of para-hydroxylation sites is 1. The van der Waals surface area contributed by atoms with Crippen LogP contribution in [0.1, 0.15) is 36.5 Å². The molecule has 2 nitrogen and oxygen atoms in total. The summed E-state index contributed by atoms with van der Waals surface area (Å²) in [6.07, 6.45) is 6.82. The van der Waals surface area contributed by atoms with E-state index in [9.17, 15) is 4.79 Å². The molecular formula is C17H17NO. The molecule has 0 spiro atoms. The molecule has 0 saturated carbocycles. The van der Waals surface area contributed by atoms with Crippen molar-refractivity contribution in [1.29, 1.82) is 0 Å². The lowest BCUT2D eigenvalue weighted by atomic mass is 9.87. The van der Waals surface area contributed by atoms with Gasteiger partial charge in [0.05, 0.1) is 5.52 Å². The first kappa shape index (κ1) is 12.1. The Morgan fingerprint density at radius 1 is 1.32 bits per heavy atom. The SMILES string of the molecule is CC1CC=C(C(=O)c2cnc3ccccc3c2)CC1. The molecule has 0 N–H and O–H groups in total. The molecule has 1 aliphatic carbocycles. The Hall–Kier alpha value is -1.96. The predicted octanol–water partition coefficient (Wildman–Crippen LogP) is 4.16. The number of allylic oxidation sites excluding steroid dienone is 2. The molecular weight excluding hydrogens is 234 g/mol. The minimum Gasteiger partial charge on any atom is -0.289 e. The maximum Gasteiger partial charge on any atom is 0.190 e. The molecule has 2 heteroatoms. The quantitative estimate of drug-likeness (QED) is 0.750. The Morgan fingerprint density at radius 2 is 2.16 bits per heavy atom. The highest BCUT2D eigenvalue weighted by atomic mass is 16.1. The fourth-order valence-corrected chi connectivity index (χ4v) is 2.55. The minimum atomic E-state index is 0.144. The fraction of sp³-hybridized carbons (Fsp3) is 0.294. The Morgan fingerprint density at radius 3 is 2.95 bits per heavy atom. The molecule has 1 aliphatic rings. The number of fused-ring (bicyclic) bond motifs is 1. The number of ketones is 1. The third kappa shape index (κ3) is 2.43. The van der Waals surface area contributed by atoms with E-state index < -0.39 is 0 Å². The average molecular weight is 251 g/mol. The van der Waals surface area contributed by atoms with Crippen LogP contribution in [0.2, 0.25) is 0 Å². The van der Waals surface area contributed by atoms with Crippen LogP contribution in [0.25, 0.3) is 10.9 Å². The van der Waals surface area contributed by atoms with Crippen LogP contribution in [0.4, 0.5) is 0 Å². The van der Waals surface area contributed by atoms with Gasteiger partial charge < -0.3 is 0 Å². The van der Waals surface area contributed by atoms with Crippen LogP contribution in [0, 0.1) is 5.92 Å². The first-order valence-corrected chi connectivity index (χ1v) is 6.82. The number of aromatic nitrogens is 1. The molecule has 19 heavy (non-hydrogen) atoms. The number of hydrogen-bond donors (Lipinski definition) is 0. The Kier molecular flexibility index (Phi) is 3.16. The first-order valence-electron chi connectivity index (χ1n) is 6.82. The zero-order valence-electron chi connectivity index (χ0n) is 11.1. The van der Waals surface area contributed by atoms with Gasteiger partial charge in [-0.15, -0.1) is 0 Å². The number of rotatable bonds is 2. The molecule has 0 saturated heterocycles. The van der Waals surface area contributed by atoms with Gasteiger partial charge in [0.15, 0.2) is 5.78 Å². The summed E-state index contributed by atoms with van der Waals surface area (Å²) in [6.45, 7) is 2.23. The lowest BCUT2D eigenvalue weighted by molar-refractivity contribution is 0.102. The van der Waals surface area contributed by atoms with E-state index >= 15 is 0 Å². The van der Waals surface area contributed by atoms with E-state index in [-0.39, 0.29) is 5.78 Å². The van der Waals surface area contributed by atoms with Crippen LogP contribution < -0.4 is 0 Å². The van der Waals surface area contributed by atoms with Crippen LogP contribution >= 0.6 is 0 Å². The van der Waals surface area contributed by atoms with Gasteiger partial charge in [0, 0.05) is 17.1 Å². The third-order valence-electron chi connectivity index (χ3n) is 3.82. The van der Waals surface area contributed by atoms with Gasteiger partial charge in [0.2, 0.25) is 0 Å². The number of carbonyl (C=O) groups is 1. The molecule has 0 aliphatic heterocycles. The van der Waals surface area contributed by atoms with E-state index in [0.717, 1.165) is 35.7 Å². The highest BCUT2D eigenvalue weighted by Gasteiger charge is 2.17. The zero-order valence-corrected chi connectivity index (χ0v) is 11.1. The molecule has 2 aromatic rings. The number of carbonyl (C=O) groups excluding carboxylic acids is 1. The summed E-state index contributed by atoms with van der Waals surface area (Å²) < 4.78 is 0. The Labute approximate surface area is 113 Å². The smallest absolute Gasteiger partial charge is 0.190 e. The molecule has 1 aromatic heterocycles. The monoisotopic (exact) mass is 251 g/mol. The topological polar surface area (TPSA) is 30.0 Å². The number of pyridine rings is 1. The summed E-state index contributed by atoms with van der Waals surface area (Å²) in [5, 5.41) is 1.03. The largest absolute Gasteiger partial charge is 0.289 e. The molecule has 0 amide bonds. The van der Waals surface area contributed by atoms with E-state index in [2.05, 4.69) is 18.0 Å². The Balaban J connectivity index is 1.93. The number of nitrogens with zero attached hydrogens (tertiary/aromatic N) is 1. The third-order valence-corrected chi connectivity index (χ3v) is 3.82. The molecule has 1 heterocycles. The van der Waals surface area contributed by atoms with E-state index in [0.29, 0.717) is 11.5 Å². The summed E-state index contributed by atoms with van der Waals surface area (Å²) in [5.41, 5.74) is 2.60. The van der Waals surface area contributed by atoms with Gasteiger partial charge in [0.1, 0.15) is 0 Å². The molecule has 0 bridgehead atoms. The van der Waals surface area contributed by atoms with Crippen molar-refractivity contribution in [2.24, 2.45) is 5.92 Å². The average Bonchev–Trinajstić information content (AvgIpc) is 2.47. The van der Waals surface area contributed by atoms with Crippen LogP contribution in [0.5, 0.6) is 0 Å². The van der Waals surface area contributed by atoms with Crippen LogP contribution in [-0.2, 0) is 0 Å². The van der Waals surface area contributed by atoms with Gasteiger partial charge in [-0.3, -0.25) is 9.78 Å². The van der Waals surface area contributed by atoms with Crippen LogP contribution in [0.3, 0.4) is 0 Å². The van der Waals surface area contributed by atoms with E-state index in [1.807, 2.05) is 30.3 Å². The van der Waals surface area contributed by atoms with Gasteiger partial charge >= 0.3 is 0 Å². The van der Waals surface area contributed by atoms with Crippen molar-refractivity contribution in [1.82, 2.24) is 4.98 Å². The summed E-state index contributed by atoms with van der Waals surface area (Å²) >= 11 is 0. The van der Waals surface area contributed by atoms with Crippen LogP contribution in [0.15, 0.2) is 48.2 Å². The standard InChI is InChI=1S/C17H17NO/c1-12-6-8-13(9-7-12)17(19)15-10-14-4-2-3-5-16(14)18-11-15/h2-5,8,10-12H,6-7,9H2,1H3. The maximum atomic E-state index is 12.4. The van der Waals surface area contributed by atoms with Crippen LogP contribution in [-0.4, -0.2) is 10.8 Å². The van der Waals surface area contributed by atoms with Crippen molar-refractivity contribution >= 4 is 16.7 Å². The second kappa shape index (κ2) is 4.96. The minimum absolute atomic E-state index is 0.144. The zero-order chi connectivity index (χ0) is 13.2. The highest BCUT2D eigenvalue weighted by molar-refractivity contribution is 6.09. The summed E-state index contributed by atoms with van der Waals surface area (Å²) in [5.74, 6) is 0.844. The maximum absolute atomic E-state index is 12.4. The Bertz CT molecular complexity index is 657. The molecule has 1 aromatic carbocycles. The van der Waals surface area contributed by atoms with Gasteiger partial charge in [-0.05, 0) is 42.9 Å². The molecule has 1 unspecified atom stereocenters. The molecule has 1 atom stereocenters. The number of benzene rings is 1. The number of hydrogen-bond acceptors (Lipinski definition) is 2. The van der Waals surface area contributed by atoms with Crippen molar-refractivity contribution in [2.75, 3.05) is 0 Å². The first-order chi connectivity index (χ1) is 9.24.